The number of rotatable bonds is 3. The molecule has 0 aliphatic rings. The summed E-state index contributed by atoms with van der Waals surface area (Å²) < 4.78 is 2.64. The van der Waals surface area contributed by atoms with E-state index in [4.69, 9.17) is 0 Å². The molecule has 0 saturated carbocycles. The molecule has 2 heteroatoms. The van der Waals surface area contributed by atoms with Gasteiger partial charge in [0, 0.05) is 26.5 Å². The van der Waals surface area contributed by atoms with Gasteiger partial charge in [-0.15, -0.1) is 11.3 Å². The lowest BCUT2D eigenvalue weighted by molar-refractivity contribution is 1.32. The van der Waals surface area contributed by atoms with Crippen molar-refractivity contribution in [3.63, 3.8) is 0 Å². The molecule has 1 heterocycles. The minimum atomic E-state index is 1.17. The van der Waals surface area contributed by atoms with Crippen molar-refractivity contribution >= 4 is 80.9 Å². The molecule has 37 heavy (non-hydrogen) atoms. The molecule has 0 bridgehead atoms. The summed E-state index contributed by atoms with van der Waals surface area (Å²) in [4.78, 5) is 2.45. The number of aryl methyl sites for hydroxylation is 1. The van der Waals surface area contributed by atoms with Gasteiger partial charge in [0.1, 0.15) is 0 Å². The first-order valence-corrected chi connectivity index (χ1v) is 13.5. The van der Waals surface area contributed by atoms with Gasteiger partial charge in [-0.3, -0.25) is 0 Å². The van der Waals surface area contributed by atoms with E-state index in [2.05, 4.69) is 133 Å². The Labute approximate surface area is 219 Å². The maximum atomic E-state index is 2.45. The summed E-state index contributed by atoms with van der Waals surface area (Å²) in [6.07, 6.45) is 0. The first-order chi connectivity index (χ1) is 18.3. The van der Waals surface area contributed by atoms with E-state index < -0.39 is 0 Å². The predicted octanol–water partition coefficient (Wildman–Crippen LogP) is 10.7. The minimum Gasteiger partial charge on any atom is -0.308 e. The van der Waals surface area contributed by atoms with Crippen molar-refractivity contribution < 1.29 is 0 Å². The van der Waals surface area contributed by atoms with E-state index in [-0.39, 0.29) is 0 Å². The third-order valence-corrected chi connectivity index (χ3v) is 8.95. The Morgan fingerprint density at radius 3 is 2.03 bits per heavy atom. The number of fused-ring (bicyclic) bond motifs is 3. The molecule has 8 aromatic rings. The summed E-state index contributed by atoms with van der Waals surface area (Å²) in [5, 5.41) is 10.6. The Bertz CT molecular complexity index is 2100. The van der Waals surface area contributed by atoms with E-state index in [0.29, 0.717) is 0 Å². The molecule has 0 amide bonds. The average Bonchev–Trinajstić information content (AvgIpc) is 3.34. The monoisotopic (exact) mass is 489 g/mol. The second-order valence-corrected chi connectivity index (χ2v) is 10.9. The second kappa shape index (κ2) is 7.80. The van der Waals surface area contributed by atoms with Crippen molar-refractivity contribution in [1.29, 1.82) is 0 Å². The number of benzene rings is 7. The van der Waals surface area contributed by atoms with Crippen LogP contribution in [0.1, 0.15) is 5.56 Å². The highest BCUT2D eigenvalue weighted by molar-refractivity contribution is 7.26. The topological polar surface area (TPSA) is 3.24 Å². The summed E-state index contributed by atoms with van der Waals surface area (Å²) >= 11 is 1.88. The minimum absolute atomic E-state index is 1.17. The van der Waals surface area contributed by atoms with Crippen LogP contribution in [0.5, 0.6) is 0 Å². The highest BCUT2D eigenvalue weighted by atomic mass is 32.1. The lowest BCUT2D eigenvalue weighted by Crippen LogP contribution is -2.10. The van der Waals surface area contributed by atoms with E-state index >= 15 is 0 Å². The van der Waals surface area contributed by atoms with Crippen molar-refractivity contribution in [3.05, 3.63) is 127 Å². The molecule has 0 unspecified atom stereocenters. The lowest BCUT2D eigenvalue weighted by Gasteiger charge is -2.28. The normalized spacial score (nSPS) is 11.9. The van der Waals surface area contributed by atoms with Gasteiger partial charge in [0.25, 0.3) is 0 Å². The molecule has 0 fully saturated rings. The second-order valence-electron chi connectivity index (χ2n) is 9.81. The van der Waals surface area contributed by atoms with Gasteiger partial charge in [-0.1, -0.05) is 91.0 Å². The molecule has 0 aliphatic carbocycles. The van der Waals surface area contributed by atoms with Crippen LogP contribution in [-0.4, -0.2) is 0 Å². The Balaban J connectivity index is 1.50. The number of hydrogen-bond donors (Lipinski definition) is 0. The molecule has 1 aromatic heterocycles. The van der Waals surface area contributed by atoms with Crippen LogP contribution in [-0.2, 0) is 0 Å². The molecular weight excluding hydrogens is 466 g/mol. The van der Waals surface area contributed by atoms with Crippen LogP contribution < -0.4 is 4.90 Å². The fraction of sp³-hybridized carbons (Fsp3) is 0.0286. The van der Waals surface area contributed by atoms with Crippen LogP contribution in [0.25, 0.3) is 52.5 Å². The Morgan fingerprint density at radius 2 is 1.16 bits per heavy atom. The number of hydrogen-bond acceptors (Lipinski definition) is 2. The summed E-state index contributed by atoms with van der Waals surface area (Å²) in [6, 6.07) is 44.5. The SMILES string of the molecule is Cc1ccc2ccc3c(N(c4ccccc4)c4cccc5c4sc4ccccc45)ccc4ccc1c2c43. The zero-order valence-corrected chi connectivity index (χ0v) is 21.2. The zero-order chi connectivity index (χ0) is 24.5. The first-order valence-electron chi connectivity index (χ1n) is 12.7. The van der Waals surface area contributed by atoms with Crippen molar-refractivity contribution in [1.82, 2.24) is 0 Å². The van der Waals surface area contributed by atoms with Gasteiger partial charge >= 0.3 is 0 Å². The quantitative estimate of drug-likeness (QED) is 0.223. The number of anilines is 3. The van der Waals surface area contributed by atoms with Gasteiger partial charge in [0.15, 0.2) is 0 Å². The highest BCUT2D eigenvalue weighted by Crippen LogP contribution is 2.48. The average molecular weight is 490 g/mol. The van der Waals surface area contributed by atoms with Crippen molar-refractivity contribution in [3.8, 4) is 0 Å². The molecular formula is C35H23NS. The van der Waals surface area contributed by atoms with Gasteiger partial charge in [0.2, 0.25) is 0 Å². The summed E-state index contributed by atoms with van der Waals surface area (Å²) in [7, 11) is 0. The maximum absolute atomic E-state index is 2.45. The van der Waals surface area contributed by atoms with Gasteiger partial charge in [0.05, 0.1) is 16.1 Å². The standard InChI is InChI=1S/C35H23NS/c1-22-14-15-23-17-20-29-30(21-18-24-16-19-26(22)33(23)34(24)29)36(25-8-3-2-4-9-25)31-12-7-11-28-27-10-5-6-13-32(27)37-35(28)31/h2-21H,1H3. The van der Waals surface area contributed by atoms with Crippen LogP contribution in [0, 0.1) is 6.92 Å². The van der Waals surface area contributed by atoms with E-state index in [1.54, 1.807) is 0 Å². The fourth-order valence-corrected chi connectivity index (χ4v) is 7.23. The summed E-state index contributed by atoms with van der Waals surface area (Å²) in [5.41, 5.74) is 4.91. The molecule has 174 valence electrons. The Kier molecular flexibility index (Phi) is 4.37. The fourth-order valence-electron chi connectivity index (χ4n) is 6.02. The van der Waals surface area contributed by atoms with E-state index in [9.17, 15) is 0 Å². The smallest absolute Gasteiger partial charge is 0.0640 e. The first kappa shape index (κ1) is 20.8. The van der Waals surface area contributed by atoms with Gasteiger partial charge in [-0.05, 0) is 69.8 Å². The van der Waals surface area contributed by atoms with Crippen LogP contribution in [0.2, 0.25) is 0 Å². The van der Waals surface area contributed by atoms with Crippen LogP contribution >= 0.6 is 11.3 Å². The van der Waals surface area contributed by atoms with E-state index in [0.717, 1.165) is 0 Å². The van der Waals surface area contributed by atoms with Gasteiger partial charge in [-0.2, -0.15) is 0 Å². The summed E-state index contributed by atoms with van der Waals surface area (Å²) in [5.74, 6) is 0. The molecule has 0 aliphatic heterocycles. The highest BCUT2D eigenvalue weighted by Gasteiger charge is 2.21. The molecule has 0 atom stereocenters. The zero-order valence-electron chi connectivity index (χ0n) is 20.4. The Morgan fingerprint density at radius 1 is 0.486 bits per heavy atom. The molecule has 0 spiro atoms. The predicted molar refractivity (Wildman–Crippen MR) is 162 cm³/mol. The molecule has 8 rings (SSSR count). The van der Waals surface area contributed by atoms with Gasteiger partial charge in [-0.25, -0.2) is 0 Å². The lowest BCUT2D eigenvalue weighted by atomic mass is 9.91. The summed E-state index contributed by atoms with van der Waals surface area (Å²) in [6.45, 7) is 2.21. The molecule has 0 N–H and O–H groups in total. The molecule has 0 saturated heterocycles. The van der Waals surface area contributed by atoms with Crippen molar-refractivity contribution in [2.75, 3.05) is 4.90 Å². The third-order valence-electron chi connectivity index (χ3n) is 7.74. The van der Waals surface area contributed by atoms with E-state index in [1.165, 1.54) is 75.1 Å². The van der Waals surface area contributed by atoms with Crippen LogP contribution in [0.15, 0.2) is 121 Å². The molecule has 1 nitrogen and oxygen atoms in total. The third kappa shape index (κ3) is 2.97. The Hall–Kier alpha value is -4.40. The van der Waals surface area contributed by atoms with Gasteiger partial charge < -0.3 is 4.90 Å². The van der Waals surface area contributed by atoms with E-state index in [1.807, 2.05) is 11.3 Å². The van der Waals surface area contributed by atoms with Crippen molar-refractivity contribution in [2.45, 2.75) is 6.92 Å². The van der Waals surface area contributed by atoms with Crippen LogP contribution in [0.4, 0.5) is 17.1 Å². The number of thiophene rings is 1. The van der Waals surface area contributed by atoms with Crippen molar-refractivity contribution in [2.24, 2.45) is 0 Å². The number of para-hydroxylation sites is 1. The maximum Gasteiger partial charge on any atom is 0.0640 e. The molecule has 7 aromatic carbocycles. The largest absolute Gasteiger partial charge is 0.308 e. The molecule has 0 radical (unpaired) electrons. The van der Waals surface area contributed by atoms with Crippen LogP contribution in [0.3, 0.4) is 0 Å². The number of nitrogens with zero attached hydrogens (tertiary/aromatic N) is 1.